The van der Waals surface area contributed by atoms with Crippen LogP contribution in [0.2, 0.25) is 0 Å². The first-order valence-corrected chi connectivity index (χ1v) is 8.95. The first-order chi connectivity index (χ1) is 13.1. The molecule has 2 aromatic carbocycles. The second-order valence-electron chi connectivity index (χ2n) is 6.15. The molecule has 6 nitrogen and oxygen atoms in total. The van der Waals surface area contributed by atoms with Gasteiger partial charge < -0.3 is 14.8 Å². The lowest BCUT2D eigenvalue weighted by molar-refractivity contribution is 0.447. The maximum Gasteiger partial charge on any atom is 0.200 e. The fraction of sp³-hybridized carbons (Fsp3) is 0.100. The summed E-state index contributed by atoms with van der Waals surface area (Å²) < 4.78 is 4.19. The van der Waals surface area contributed by atoms with Gasteiger partial charge in [-0.25, -0.2) is 0 Å². The molecule has 2 heterocycles. The van der Waals surface area contributed by atoms with Gasteiger partial charge in [0.25, 0.3) is 0 Å². The molecule has 136 valence electrons. The number of aromatic nitrogens is 4. The minimum Gasteiger partial charge on any atom is -0.508 e. The van der Waals surface area contributed by atoms with Crippen molar-refractivity contribution in [2.75, 3.05) is 0 Å². The molecule has 0 aliphatic heterocycles. The van der Waals surface area contributed by atoms with E-state index < -0.39 is 0 Å². The number of benzene rings is 2. The minimum absolute atomic E-state index is 0.0542. The van der Waals surface area contributed by atoms with Crippen molar-refractivity contribution in [1.29, 1.82) is 0 Å². The van der Waals surface area contributed by atoms with Crippen molar-refractivity contribution in [1.82, 2.24) is 19.3 Å². The highest BCUT2D eigenvalue weighted by molar-refractivity contribution is 7.71. The number of nitrogens with one attached hydrogen (secondary N) is 1. The van der Waals surface area contributed by atoms with E-state index in [1.54, 1.807) is 10.6 Å². The van der Waals surface area contributed by atoms with Crippen LogP contribution in [0.3, 0.4) is 0 Å². The Labute approximate surface area is 161 Å². The highest BCUT2D eigenvalue weighted by atomic mass is 32.1. The zero-order valence-electron chi connectivity index (χ0n) is 14.6. The predicted octanol–water partition coefficient (Wildman–Crippen LogP) is 4.36. The number of aromatic hydroxyl groups is 2. The molecule has 27 heavy (non-hydrogen) atoms. The molecule has 0 saturated heterocycles. The number of aryl methyl sites for hydroxylation is 1. The molecule has 0 unspecified atom stereocenters. The van der Waals surface area contributed by atoms with Crippen molar-refractivity contribution in [3.05, 3.63) is 71.3 Å². The van der Waals surface area contributed by atoms with Crippen LogP contribution in [-0.2, 0) is 6.42 Å². The van der Waals surface area contributed by atoms with Crippen LogP contribution in [0.4, 0.5) is 0 Å². The van der Waals surface area contributed by atoms with E-state index in [1.807, 2.05) is 60.3 Å². The topological polar surface area (TPSA) is 79.0 Å². The van der Waals surface area contributed by atoms with Gasteiger partial charge in [-0.3, -0.25) is 9.67 Å². The molecular formula is C20H18N4O2S. The summed E-state index contributed by atoms with van der Waals surface area (Å²) in [6, 6.07) is 14.9. The maximum atomic E-state index is 10.4. The van der Waals surface area contributed by atoms with E-state index in [2.05, 4.69) is 10.2 Å². The van der Waals surface area contributed by atoms with E-state index >= 15 is 0 Å². The van der Waals surface area contributed by atoms with E-state index in [-0.39, 0.29) is 11.5 Å². The van der Waals surface area contributed by atoms with E-state index in [9.17, 15) is 10.2 Å². The first kappa shape index (κ1) is 17.1. The van der Waals surface area contributed by atoms with Gasteiger partial charge in [0.15, 0.2) is 10.6 Å². The van der Waals surface area contributed by atoms with Gasteiger partial charge in [0, 0.05) is 24.1 Å². The molecule has 2 aromatic heterocycles. The molecule has 0 atom stereocenters. The summed E-state index contributed by atoms with van der Waals surface area (Å²) in [6.45, 7) is 1.94. The zero-order valence-corrected chi connectivity index (χ0v) is 15.4. The third-order valence-electron chi connectivity index (χ3n) is 4.48. The van der Waals surface area contributed by atoms with Crippen LogP contribution in [0.5, 0.6) is 11.5 Å². The van der Waals surface area contributed by atoms with Gasteiger partial charge >= 0.3 is 0 Å². The largest absolute Gasteiger partial charge is 0.508 e. The number of aromatic amines is 1. The van der Waals surface area contributed by atoms with Crippen LogP contribution >= 0.6 is 12.2 Å². The number of phenols is 2. The zero-order chi connectivity index (χ0) is 19.0. The summed E-state index contributed by atoms with van der Waals surface area (Å²) >= 11 is 5.44. The summed E-state index contributed by atoms with van der Waals surface area (Å²) in [6.07, 6.45) is 4.56. The van der Waals surface area contributed by atoms with Crippen molar-refractivity contribution in [3.63, 3.8) is 0 Å². The third-order valence-corrected chi connectivity index (χ3v) is 4.76. The molecule has 0 bridgehead atoms. The number of H-pyrrole nitrogens is 1. The number of phenolic OH excluding ortho intramolecular Hbond substituents is 2. The standard InChI is InChI=1S/C20H18N4O2S/c1-2-13-10-16(18(26)12-17(13)25)19-21-22-20(27)24(19)15-7-5-6-14(11-15)23-8-3-4-9-23/h3-12,25-26H,2H2,1H3,(H,22,27). The number of hydrogen-bond acceptors (Lipinski definition) is 4. The van der Waals surface area contributed by atoms with Gasteiger partial charge in [0.05, 0.1) is 11.3 Å². The number of hydrogen-bond donors (Lipinski definition) is 3. The normalized spacial score (nSPS) is 11.0. The summed E-state index contributed by atoms with van der Waals surface area (Å²) in [4.78, 5) is 0. The Morgan fingerprint density at radius 3 is 2.48 bits per heavy atom. The lowest BCUT2D eigenvalue weighted by atomic mass is 10.1. The summed E-state index contributed by atoms with van der Waals surface area (Å²) in [5.41, 5.74) is 3.03. The molecule has 0 fully saturated rings. The fourth-order valence-corrected chi connectivity index (χ4v) is 3.34. The molecule has 0 spiro atoms. The lowest BCUT2D eigenvalue weighted by Gasteiger charge is -2.12. The van der Waals surface area contributed by atoms with Gasteiger partial charge in [-0.05, 0) is 60.6 Å². The smallest absolute Gasteiger partial charge is 0.200 e. The molecule has 0 amide bonds. The van der Waals surface area contributed by atoms with Crippen molar-refractivity contribution in [3.8, 4) is 34.3 Å². The Kier molecular flexibility index (Phi) is 4.29. The van der Waals surface area contributed by atoms with Gasteiger partial charge in [-0.15, -0.1) is 0 Å². The van der Waals surface area contributed by atoms with Gasteiger partial charge in [0.1, 0.15) is 11.5 Å². The van der Waals surface area contributed by atoms with Crippen molar-refractivity contribution < 1.29 is 10.2 Å². The second-order valence-corrected chi connectivity index (χ2v) is 6.54. The summed E-state index contributed by atoms with van der Waals surface area (Å²) in [5.74, 6) is 0.493. The SMILES string of the molecule is CCc1cc(-c2n[nH]c(=S)n2-c2cccc(-n3cccc3)c2)c(O)cc1O. The molecule has 3 N–H and O–H groups in total. The molecule has 4 aromatic rings. The quantitative estimate of drug-likeness (QED) is 0.461. The van der Waals surface area contributed by atoms with E-state index in [4.69, 9.17) is 12.2 Å². The minimum atomic E-state index is -0.0542. The van der Waals surface area contributed by atoms with E-state index in [0.29, 0.717) is 22.6 Å². The molecule has 0 saturated carbocycles. The lowest BCUT2D eigenvalue weighted by Crippen LogP contribution is -2.00. The monoisotopic (exact) mass is 378 g/mol. The molecule has 0 aliphatic carbocycles. The van der Waals surface area contributed by atoms with Crippen LogP contribution in [0.15, 0.2) is 60.9 Å². The van der Waals surface area contributed by atoms with Crippen molar-refractivity contribution in [2.45, 2.75) is 13.3 Å². The fourth-order valence-electron chi connectivity index (χ4n) is 3.10. The molecule has 0 aliphatic rings. The highest BCUT2D eigenvalue weighted by Gasteiger charge is 2.17. The predicted molar refractivity (Wildman–Crippen MR) is 106 cm³/mol. The average Bonchev–Trinajstić information content (AvgIpc) is 3.32. The van der Waals surface area contributed by atoms with Gasteiger partial charge in [-0.1, -0.05) is 13.0 Å². The third kappa shape index (κ3) is 3.02. The summed E-state index contributed by atoms with van der Waals surface area (Å²) in [5, 5.41) is 27.5. The average molecular weight is 378 g/mol. The maximum absolute atomic E-state index is 10.4. The Balaban J connectivity index is 1.90. The Morgan fingerprint density at radius 2 is 1.74 bits per heavy atom. The van der Waals surface area contributed by atoms with Crippen LogP contribution in [0.25, 0.3) is 22.8 Å². The van der Waals surface area contributed by atoms with Crippen molar-refractivity contribution in [2.24, 2.45) is 0 Å². The highest BCUT2D eigenvalue weighted by Crippen LogP contribution is 2.35. The van der Waals surface area contributed by atoms with Gasteiger partial charge in [-0.2, -0.15) is 5.10 Å². The summed E-state index contributed by atoms with van der Waals surface area (Å²) in [7, 11) is 0. The Bertz CT molecular complexity index is 1160. The van der Waals surface area contributed by atoms with E-state index in [1.165, 1.54) is 6.07 Å². The van der Waals surface area contributed by atoms with Crippen LogP contribution in [-0.4, -0.2) is 29.5 Å². The Hall–Kier alpha value is -3.32. The first-order valence-electron chi connectivity index (χ1n) is 8.55. The van der Waals surface area contributed by atoms with Crippen LogP contribution in [0.1, 0.15) is 12.5 Å². The molecule has 4 rings (SSSR count). The Morgan fingerprint density at radius 1 is 1.00 bits per heavy atom. The van der Waals surface area contributed by atoms with Crippen LogP contribution < -0.4 is 0 Å². The van der Waals surface area contributed by atoms with Crippen LogP contribution in [0, 0.1) is 4.77 Å². The number of rotatable bonds is 4. The number of nitrogens with zero attached hydrogens (tertiary/aromatic N) is 3. The van der Waals surface area contributed by atoms with Gasteiger partial charge in [0.2, 0.25) is 0 Å². The molecule has 7 heteroatoms. The van der Waals surface area contributed by atoms with E-state index in [0.717, 1.165) is 16.9 Å². The van der Waals surface area contributed by atoms with Crippen molar-refractivity contribution >= 4 is 12.2 Å². The second kappa shape index (κ2) is 6.77. The molecular weight excluding hydrogens is 360 g/mol. The molecule has 0 radical (unpaired) electrons.